The second-order valence-electron chi connectivity index (χ2n) is 4.02. The molecule has 0 aliphatic carbocycles. The highest BCUT2D eigenvalue weighted by Gasteiger charge is 2.38. The predicted octanol–water partition coefficient (Wildman–Crippen LogP) is 3.43. The lowest BCUT2D eigenvalue weighted by molar-refractivity contribution is 0.0114. The van der Waals surface area contributed by atoms with Gasteiger partial charge in [0.25, 0.3) is 5.92 Å². The molecule has 16 heavy (non-hydrogen) atoms. The van der Waals surface area contributed by atoms with Crippen LogP contribution in [0.25, 0.3) is 0 Å². The lowest BCUT2D eigenvalue weighted by Crippen LogP contribution is -2.25. The Bertz CT molecular complexity index is 375. The Labute approximate surface area is 100 Å². The van der Waals surface area contributed by atoms with Crippen LogP contribution in [-0.4, -0.2) is 23.9 Å². The quantitative estimate of drug-likeness (QED) is 0.807. The number of benzene rings is 1. The summed E-state index contributed by atoms with van der Waals surface area (Å²) >= 11 is 3.23. The van der Waals surface area contributed by atoms with Gasteiger partial charge in [-0.15, -0.1) is 0 Å². The number of halogens is 4. The molecule has 0 aromatic heterocycles. The molecule has 1 aromatic carbocycles. The van der Waals surface area contributed by atoms with Gasteiger partial charge in [0.15, 0.2) is 0 Å². The minimum Gasteiger partial charge on any atom is -0.293 e. The standard InChI is InChI=1S/C11H11BrF3N/c12-9-2-1-3-10(13)8(9)6-16-5-4-11(14,15)7-16/h1-3H,4-7H2. The summed E-state index contributed by atoms with van der Waals surface area (Å²) in [6.45, 7) is 0.254. The molecular formula is C11H11BrF3N. The number of rotatable bonds is 2. The highest BCUT2D eigenvalue weighted by molar-refractivity contribution is 9.10. The summed E-state index contributed by atoms with van der Waals surface area (Å²) < 4.78 is 40.0. The van der Waals surface area contributed by atoms with Crippen molar-refractivity contribution < 1.29 is 13.2 Å². The van der Waals surface area contributed by atoms with Gasteiger partial charge < -0.3 is 0 Å². The van der Waals surface area contributed by atoms with Gasteiger partial charge in [-0.2, -0.15) is 0 Å². The third kappa shape index (κ3) is 2.58. The molecule has 0 radical (unpaired) electrons. The zero-order chi connectivity index (χ0) is 11.8. The maximum atomic E-state index is 13.5. The van der Waals surface area contributed by atoms with Crippen LogP contribution < -0.4 is 0 Å². The largest absolute Gasteiger partial charge is 0.293 e. The van der Waals surface area contributed by atoms with E-state index in [1.165, 1.54) is 6.07 Å². The minimum atomic E-state index is -2.63. The van der Waals surface area contributed by atoms with Crippen LogP contribution in [0.5, 0.6) is 0 Å². The molecule has 1 aromatic rings. The maximum Gasteiger partial charge on any atom is 0.261 e. The van der Waals surface area contributed by atoms with E-state index in [-0.39, 0.29) is 25.3 Å². The van der Waals surface area contributed by atoms with Crippen molar-refractivity contribution >= 4 is 15.9 Å². The third-order valence-electron chi connectivity index (χ3n) is 2.69. The number of nitrogens with zero attached hydrogens (tertiary/aromatic N) is 1. The molecule has 1 saturated heterocycles. The SMILES string of the molecule is Fc1cccc(Br)c1CN1CCC(F)(F)C1. The first kappa shape index (κ1) is 11.9. The molecule has 88 valence electrons. The van der Waals surface area contributed by atoms with Crippen LogP contribution in [0.4, 0.5) is 13.2 Å². The van der Waals surface area contributed by atoms with Gasteiger partial charge in [-0.25, -0.2) is 13.2 Å². The molecule has 1 aliphatic heterocycles. The lowest BCUT2D eigenvalue weighted by Gasteiger charge is -2.16. The first-order valence-electron chi connectivity index (χ1n) is 5.01. The van der Waals surface area contributed by atoms with E-state index in [2.05, 4.69) is 15.9 Å². The Kier molecular flexibility index (Phi) is 3.26. The van der Waals surface area contributed by atoms with Crippen molar-refractivity contribution in [3.8, 4) is 0 Å². The molecule has 0 amide bonds. The van der Waals surface area contributed by atoms with Crippen LogP contribution >= 0.6 is 15.9 Å². The van der Waals surface area contributed by atoms with Gasteiger partial charge in [0.05, 0.1) is 6.54 Å². The molecule has 0 bridgehead atoms. The van der Waals surface area contributed by atoms with Gasteiger partial charge in [0.2, 0.25) is 0 Å². The molecule has 0 N–H and O–H groups in total. The molecule has 1 nitrogen and oxygen atoms in total. The summed E-state index contributed by atoms with van der Waals surface area (Å²) in [5, 5.41) is 0. The van der Waals surface area contributed by atoms with E-state index in [0.29, 0.717) is 16.6 Å². The van der Waals surface area contributed by atoms with Crippen molar-refractivity contribution in [3.05, 3.63) is 34.1 Å². The van der Waals surface area contributed by atoms with Crippen LogP contribution in [0.2, 0.25) is 0 Å². The number of alkyl halides is 2. The Morgan fingerprint density at radius 3 is 2.69 bits per heavy atom. The molecule has 0 spiro atoms. The Hall–Kier alpha value is -0.550. The molecule has 0 saturated carbocycles. The molecule has 2 rings (SSSR count). The summed E-state index contributed by atoms with van der Waals surface area (Å²) in [6.07, 6.45) is -0.140. The van der Waals surface area contributed by atoms with E-state index in [9.17, 15) is 13.2 Å². The van der Waals surface area contributed by atoms with Crippen LogP contribution in [0.15, 0.2) is 22.7 Å². The second-order valence-corrected chi connectivity index (χ2v) is 4.87. The highest BCUT2D eigenvalue weighted by Crippen LogP contribution is 2.29. The minimum absolute atomic E-state index is 0.140. The fraction of sp³-hybridized carbons (Fsp3) is 0.455. The number of likely N-dealkylation sites (tertiary alicyclic amines) is 1. The lowest BCUT2D eigenvalue weighted by atomic mass is 10.2. The van der Waals surface area contributed by atoms with E-state index < -0.39 is 5.92 Å². The Morgan fingerprint density at radius 2 is 2.12 bits per heavy atom. The maximum absolute atomic E-state index is 13.5. The van der Waals surface area contributed by atoms with Crippen molar-refractivity contribution in [1.29, 1.82) is 0 Å². The number of hydrogen-bond donors (Lipinski definition) is 0. The fourth-order valence-electron chi connectivity index (χ4n) is 1.85. The van der Waals surface area contributed by atoms with Gasteiger partial charge in [-0.1, -0.05) is 22.0 Å². The monoisotopic (exact) mass is 293 g/mol. The average Bonchev–Trinajstić information content (AvgIpc) is 2.52. The van der Waals surface area contributed by atoms with Crippen LogP contribution in [0.1, 0.15) is 12.0 Å². The van der Waals surface area contributed by atoms with E-state index >= 15 is 0 Å². The molecule has 0 unspecified atom stereocenters. The van der Waals surface area contributed by atoms with E-state index in [0.717, 1.165) is 0 Å². The van der Waals surface area contributed by atoms with Crippen LogP contribution in [0.3, 0.4) is 0 Å². The van der Waals surface area contributed by atoms with Gasteiger partial charge in [-0.05, 0) is 12.1 Å². The summed E-state index contributed by atoms with van der Waals surface area (Å²) in [5.41, 5.74) is 0.445. The van der Waals surface area contributed by atoms with Crippen molar-refractivity contribution in [2.24, 2.45) is 0 Å². The fourth-order valence-corrected chi connectivity index (χ4v) is 2.32. The molecule has 0 atom stereocenters. The molecule has 5 heteroatoms. The first-order chi connectivity index (χ1) is 7.48. The van der Waals surface area contributed by atoms with Crippen molar-refractivity contribution in [1.82, 2.24) is 4.90 Å². The summed E-state index contributed by atoms with van der Waals surface area (Å²) in [4.78, 5) is 1.57. The van der Waals surface area contributed by atoms with E-state index in [1.807, 2.05) is 0 Å². The summed E-state index contributed by atoms with van der Waals surface area (Å²) in [7, 11) is 0. The summed E-state index contributed by atoms with van der Waals surface area (Å²) in [6, 6.07) is 4.64. The van der Waals surface area contributed by atoms with E-state index in [1.54, 1.807) is 17.0 Å². The second kappa shape index (κ2) is 4.37. The van der Waals surface area contributed by atoms with Crippen LogP contribution in [-0.2, 0) is 6.54 Å². The average molecular weight is 294 g/mol. The number of hydrogen-bond acceptors (Lipinski definition) is 1. The smallest absolute Gasteiger partial charge is 0.261 e. The van der Waals surface area contributed by atoms with Crippen molar-refractivity contribution in [2.75, 3.05) is 13.1 Å². The van der Waals surface area contributed by atoms with Crippen molar-refractivity contribution in [3.63, 3.8) is 0 Å². The van der Waals surface area contributed by atoms with Gasteiger partial charge in [0, 0.05) is 29.5 Å². The van der Waals surface area contributed by atoms with Gasteiger partial charge >= 0.3 is 0 Å². The first-order valence-corrected chi connectivity index (χ1v) is 5.80. The topological polar surface area (TPSA) is 3.24 Å². The normalized spacial score (nSPS) is 20.2. The molecule has 1 heterocycles. The zero-order valence-electron chi connectivity index (χ0n) is 8.52. The highest BCUT2D eigenvalue weighted by atomic mass is 79.9. The molecule has 1 aliphatic rings. The predicted molar refractivity (Wildman–Crippen MR) is 58.9 cm³/mol. The molecule has 1 fully saturated rings. The van der Waals surface area contributed by atoms with E-state index in [4.69, 9.17) is 0 Å². The Balaban J connectivity index is 2.11. The molecular weight excluding hydrogens is 283 g/mol. The summed E-state index contributed by atoms with van der Waals surface area (Å²) in [5.74, 6) is -2.98. The van der Waals surface area contributed by atoms with Gasteiger partial charge in [-0.3, -0.25) is 4.90 Å². The zero-order valence-corrected chi connectivity index (χ0v) is 10.1. The van der Waals surface area contributed by atoms with Crippen molar-refractivity contribution in [2.45, 2.75) is 18.9 Å². The Morgan fingerprint density at radius 1 is 1.38 bits per heavy atom. The van der Waals surface area contributed by atoms with Gasteiger partial charge in [0.1, 0.15) is 5.82 Å². The van der Waals surface area contributed by atoms with Crippen LogP contribution in [0, 0.1) is 5.82 Å². The third-order valence-corrected chi connectivity index (χ3v) is 3.44.